The first-order valence-electron chi connectivity index (χ1n) is 6.50. The number of fused-ring (bicyclic) bond motifs is 1. The van der Waals surface area contributed by atoms with Crippen LogP contribution in [0.15, 0.2) is 18.2 Å². The summed E-state index contributed by atoms with van der Waals surface area (Å²) in [6.07, 6.45) is 3.62. The molecule has 2 aromatic heterocycles. The number of anilines is 1. The lowest BCUT2D eigenvalue weighted by Gasteiger charge is -2.22. The number of aromatic nitrogens is 4. The van der Waals surface area contributed by atoms with Gasteiger partial charge in [-0.1, -0.05) is 29.4 Å². The maximum absolute atomic E-state index is 6.02. The SMILES string of the molecule is Nc1cc(Cl)ccc1-c1nn2c(C3CCC3)nnc2s1. The van der Waals surface area contributed by atoms with Gasteiger partial charge in [-0.05, 0) is 31.0 Å². The van der Waals surface area contributed by atoms with Gasteiger partial charge in [-0.25, -0.2) is 0 Å². The normalized spacial score (nSPS) is 15.7. The maximum Gasteiger partial charge on any atom is 0.234 e. The fraction of sp³-hybridized carbons (Fsp3) is 0.308. The lowest BCUT2D eigenvalue weighted by atomic mass is 9.85. The molecule has 0 amide bonds. The molecule has 3 aromatic rings. The minimum atomic E-state index is 0.502. The summed E-state index contributed by atoms with van der Waals surface area (Å²) in [5.74, 6) is 1.48. The van der Waals surface area contributed by atoms with Crippen molar-refractivity contribution in [2.75, 3.05) is 5.73 Å². The van der Waals surface area contributed by atoms with E-state index in [-0.39, 0.29) is 0 Å². The third kappa shape index (κ3) is 1.79. The summed E-state index contributed by atoms with van der Waals surface area (Å²) in [7, 11) is 0. The molecule has 0 spiro atoms. The van der Waals surface area contributed by atoms with Gasteiger partial charge in [0.25, 0.3) is 0 Å². The summed E-state index contributed by atoms with van der Waals surface area (Å²) in [4.78, 5) is 0.816. The Morgan fingerprint density at radius 1 is 1.30 bits per heavy atom. The highest BCUT2D eigenvalue weighted by Crippen LogP contribution is 2.37. The van der Waals surface area contributed by atoms with Gasteiger partial charge in [0, 0.05) is 22.2 Å². The predicted octanol–water partition coefficient (Wildman–Crippen LogP) is 3.36. The van der Waals surface area contributed by atoms with E-state index in [9.17, 15) is 0 Å². The molecule has 0 atom stereocenters. The van der Waals surface area contributed by atoms with Gasteiger partial charge in [-0.15, -0.1) is 10.2 Å². The molecule has 0 saturated heterocycles. The Labute approximate surface area is 124 Å². The van der Waals surface area contributed by atoms with Crippen LogP contribution in [0.4, 0.5) is 5.69 Å². The molecule has 2 N–H and O–H groups in total. The second-order valence-corrected chi connectivity index (χ2v) is 6.41. The molecular formula is C13H12ClN5S. The number of nitrogen functional groups attached to an aromatic ring is 1. The van der Waals surface area contributed by atoms with Crippen LogP contribution in [0.2, 0.25) is 5.02 Å². The third-order valence-corrected chi connectivity index (χ3v) is 4.90. The average molecular weight is 306 g/mol. The van der Waals surface area contributed by atoms with Gasteiger partial charge in [0.2, 0.25) is 4.96 Å². The number of halogens is 1. The smallest absolute Gasteiger partial charge is 0.234 e. The van der Waals surface area contributed by atoms with Gasteiger partial charge in [-0.3, -0.25) is 0 Å². The topological polar surface area (TPSA) is 69.1 Å². The standard InChI is InChI=1S/C13H12ClN5S/c14-8-4-5-9(10(15)6-8)12-18-19-11(7-2-1-3-7)16-17-13(19)20-12/h4-7H,1-3,15H2. The van der Waals surface area contributed by atoms with Crippen LogP contribution in [0, 0.1) is 0 Å². The van der Waals surface area contributed by atoms with E-state index >= 15 is 0 Å². The van der Waals surface area contributed by atoms with Gasteiger partial charge in [-0.2, -0.15) is 9.61 Å². The minimum absolute atomic E-state index is 0.502. The van der Waals surface area contributed by atoms with Gasteiger partial charge >= 0.3 is 0 Å². The lowest BCUT2D eigenvalue weighted by Crippen LogP contribution is -2.13. The Bertz CT molecular complexity index is 789. The fourth-order valence-corrected chi connectivity index (χ4v) is 3.46. The first kappa shape index (κ1) is 12.1. The van der Waals surface area contributed by atoms with Crippen molar-refractivity contribution in [1.82, 2.24) is 19.8 Å². The molecule has 20 heavy (non-hydrogen) atoms. The number of nitrogens with two attached hydrogens (primary N) is 1. The van der Waals surface area contributed by atoms with E-state index < -0.39 is 0 Å². The zero-order chi connectivity index (χ0) is 13.7. The number of rotatable bonds is 2. The van der Waals surface area contributed by atoms with Crippen molar-refractivity contribution >= 4 is 33.6 Å². The van der Waals surface area contributed by atoms with Crippen LogP contribution in [0.25, 0.3) is 15.5 Å². The predicted molar refractivity (Wildman–Crippen MR) is 80.1 cm³/mol. The number of hydrogen-bond acceptors (Lipinski definition) is 5. The highest BCUT2D eigenvalue weighted by molar-refractivity contribution is 7.19. The second kappa shape index (κ2) is 4.43. The van der Waals surface area contributed by atoms with Crippen LogP contribution in [0.1, 0.15) is 31.0 Å². The molecule has 1 aliphatic rings. The Morgan fingerprint density at radius 2 is 2.15 bits per heavy atom. The Morgan fingerprint density at radius 3 is 2.85 bits per heavy atom. The van der Waals surface area contributed by atoms with E-state index in [4.69, 9.17) is 17.3 Å². The molecule has 0 bridgehead atoms. The van der Waals surface area contributed by atoms with Crippen LogP contribution < -0.4 is 5.73 Å². The van der Waals surface area contributed by atoms with E-state index in [2.05, 4.69) is 15.3 Å². The zero-order valence-electron chi connectivity index (χ0n) is 10.6. The van der Waals surface area contributed by atoms with Crippen molar-refractivity contribution in [3.63, 3.8) is 0 Å². The van der Waals surface area contributed by atoms with Gasteiger partial charge < -0.3 is 5.73 Å². The van der Waals surface area contributed by atoms with Crippen LogP contribution in [-0.4, -0.2) is 19.8 Å². The molecule has 1 aromatic carbocycles. The minimum Gasteiger partial charge on any atom is -0.398 e. The summed E-state index contributed by atoms with van der Waals surface area (Å²) in [5.41, 5.74) is 7.54. The molecule has 102 valence electrons. The average Bonchev–Trinajstić information content (AvgIpc) is 2.89. The van der Waals surface area contributed by atoms with Crippen molar-refractivity contribution in [1.29, 1.82) is 0 Å². The van der Waals surface area contributed by atoms with Gasteiger partial charge in [0.05, 0.1) is 0 Å². The summed E-state index contributed by atoms with van der Waals surface area (Å²) < 4.78 is 1.86. The summed E-state index contributed by atoms with van der Waals surface area (Å²) in [6, 6.07) is 5.46. The Kier molecular flexibility index (Phi) is 2.68. The van der Waals surface area contributed by atoms with Crippen LogP contribution in [0.3, 0.4) is 0 Å². The molecule has 1 saturated carbocycles. The Hall–Kier alpha value is -1.66. The van der Waals surface area contributed by atoms with E-state index in [0.717, 1.165) is 21.4 Å². The van der Waals surface area contributed by atoms with Crippen molar-refractivity contribution in [2.45, 2.75) is 25.2 Å². The van der Waals surface area contributed by atoms with Crippen LogP contribution in [0.5, 0.6) is 0 Å². The molecule has 2 heterocycles. The molecule has 5 nitrogen and oxygen atoms in total. The molecular weight excluding hydrogens is 294 g/mol. The molecule has 4 rings (SSSR count). The van der Waals surface area contributed by atoms with Gasteiger partial charge in [0.15, 0.2) is 5.82 Å². The quantitative estimate of drug-likeness (QED) is 0.737. The van der Waals surface area contributed by atoms with Crippen LogP contribution in [-0.2, 0) is 0 Å². The molecule has 0 unspecified atom stereocenters. The van der Waals surface area contributed by atoms with E-state index in [1.807, 2.05) is 16.6 Å². The highest BCUT2D eigenvalue weighted by atomic mass is 35.5. The molecule has 0 radical (unpaired) electrons. The number of benzene rings is 1. The second-order valence-electron chi connectivity index (χ2n) is 5.02. The van der Waals surface area contributed by atoms with Crippen molar-refractivity contribution in [2.24, 2.45) is 0 Å². The van der Waals surface area contributed by atoms with E-state index in [1.54, 1.807) is 6.07 Å². The maximum atomic E-state index is 6.02. The van der Waals surface area contributed by atoms with E-state index in [0.29, 0.717) is 16.6 Å². The molecule has 7 heteroatoms. The molecule has 1 fully saturated rings. The summed E-state index contributed by atoms with van der Waals surface area (Å²) >= 11 is 7.43. The van der Waals surface area contributed by atoms with Crippen molar-refractivity contribution < 1.29 is 0 Å². The lowest BCUT2D eigenvalue weighted by molar-refractivity contribution is 0.395. The number of hydrogen-bond donors (Lipinski definition) is 1. The summed E-state index contributed by atoms with van der Waals surface area (Å²) in [6.45, 7) is 0. The molecule has 0 aliphatic heterocycles. The van der Waals surface area contributed by atoms with Crippen molar-refractivity contribution in [3.8, 4) is 10.6 Å². The van der Waals surface area contributed by atoms with E-state index in [1.165, 1.54) is 30.6 Å². The molecule has 1 aliphatic carbocycles. The zero-order valence-corrected chi connectivity index (χ0v) is 12.2. The highest BCUT2D eigenvalue weighted by Gasteiger charge is 2.26. The van der Waals surface area contributed by atoms with Crippen LogP contribution >= 0.6 is 22.9 Å². The third-order valence-electron chi connectivity index (χ3n) is 3.73. The monoisotopic (exact) mass is 305 g/mol. The summed E-state index contributed by atoms with van der Waals surface area (Å²) in [5, 5.41) is 14.6. The van der Waals surface area contributed by atoms with Gasteiger partial charge in [0.1, 0.15) is 5.01 Å². The number of nitrogens with zero attached hydrogens (tertiary/aromatic N) is 4. The fourth-order valence-electron chi connectivity index (χ4n) is 2.39. The first-order chi connectivity index (χ1) is 9.72. The first-order valence-corrected chi connectivity index (χ1v) is 7.69. The largest absolute Gasteiger partial charge is 0.398 e. The Balaban J connectivity index is 1.82. The van der Waals surface area contributed by atoms with Crippen molar-refractivity contribution in [3.05, 3.63) is 29.0 Å².